The lowest BCUT2D eigenvalue weighted by Gasteiger charge is -2.30. The summed E-state index contributed by atoms with van der Waals surface area (Å²) in [4.78, 5) is 26.6. The molecule has 3 atom stereocenters. The standard InChI is InChI=1S/C24H24N4O2/c1-30-20-9-5-8-18(12-20)24(29)28-15-19-14-27(22-13-25-10-11-26-22)16-21(19)23(28)17-6-3-2-4-7-17/h2-13,19,21,23H,14-16H2,1H3/t19-,21-,23+/m0/s1. The molecule has 3 heterocycles. The van der Waals surface area contributed by atoms with Crippen LogP contribution in [0.25, 0.3) is 0 Å². The summed E-state index contributed by atoms with van der Waals surface area (Å²) in [6.45, 7) is 2.48. The van der Waals surface area contributed by atoms with Crippen LogP contribution in [-0.2, 0) is 0 Å². The van der Waals surface area contributed by atoms with Gasteiger partial charge in [0.1, 0.15) is 11.6 Å². The van der Waals surface area contributed by atoms with Crippen LogP contribution in [0.15, 0.2) is 73.2 Å². The fourth-order valence-electron chi connectivity index (χ4n) is 4.89. The molecule has 0 saturated carbocycles. The van der Waals surface area contributed by atoms with Gasteiger partial charge in [-0.05, 0) is 23.8 Å². The van der Waals surface area contributed by atoms with Crippen molar-refractivity contribution in [2.75, 3.05) is 31.6 Å². The molecule has 6 nitrogen and oxygen atoms in total. The van der Waals surface area contributed by atoms with Gasteiger partial charge in [-0.15, -0.1) is 0 Å². The fraction of sp³-hybridized carbons (Fsp3) is 0.292. The van der Waals surface area contributed by atoms with E-state index in [4.69, 9.17) is 4.74 Å². The van der Waals surface area contributed by atoms with Gasteiger partial charge in [0.25, 0.3) is 5.91 Å². The van der Waals surface area contributed by atoms with Crippen molar-refractivity contribution in [2.45, 2.75) is 6.04 Å². The molecule has 0 aliphatic carbocycles. The van der Waals surface area contributed by atoms with Crippen LogP contribution < -0.4 is 9.64 Å². The number of likely N-dealkylation sites (tertiary alicyclic amines) is 1. The van der Waals surface area contributed by atoms with Crippen molar-refractivity contribution in [1.29, 1.82) is 0 Å². The van der Waals surface area contributed by atoms with E-state index < -0.39 is 0 Å². The van der Waals surface area contributed by atoms with Crippen LogP contribution in [0.4, 0.5) is 5.82 Å². The Hall–Kier alpha value is -3.41. The summed E-state index contributed by atoms with van der Waals surface area (Å²) in [5.74, 6) is 2.41. The molecule has 2 aromatic carbocycles. The van der Waals surface area contributed by atoms with E-state index >= 15 is 0 Å². The Bertz CT molecular complexity index is 1030. The van der Waals surface area contributed by atoms with Gasteiger partial charge in [-0.3, -0.25) is 9.78 Å². The Balaban J connectivity index is 1.46. The van der Waals surface area contributed by atoms with Crippen LogP contribution in [0.5, 0.6) is 5.75 Å². The van der Waals surface area contributed by atoms with Crippen LogP contribution in [-0.4, -0.2) is 47.5 Å². The number of methoxy groups -OCH3 is 1. The SMILES string of the molecule is COc1cccc(C(=O)N2C[C@@H]3CN(c4cnccn4)C[C@@H]3[C@H]2c2ccccc2)c1. The van der Waals surface area contributed by atoms with Crippen LogP contribution in [0, 0.1) is 11.8 Å². The first-order valence-electron chi connectivity index (χ1n) is 10.3. The highest BCUT2D eigenvalue weighted by molar-refractivity contribution is 5.95. The summed E-state index contributed by atoms with van der Waals surface area (Å²) in [7, 11) is 1.62. The van der Waals surface area contributed by atoms with Gasteiger partial charge in [0.2, 0.25) is 0 Å². The molecule has 152 valence electrons. The first kappa shape index (κ1) is 18.6. The Morgan fingerprint density at radius 3 is 2.67 bits per heavy atom. The van der Waals surface area contributed by atoms with Crippen molar-refractivity contribution in [3.63, 3.8) is 0 Å². The predicted octanol–water partition coefficient (Wildman–Crippen LogP) is 3.43. The molecule has 6 heteroatoms. The minimum Gasteiger partial charge on any atom is -0.497 e. The van der Waals surface area contributed by atoms with Gasteiger partial charge in [0, 0.05) is 49.4 Å². The van der Waals surface area contributed by atoms with E-state index in [1.54, 1.807) is 19.5 Å². The maximum atomic E-state index is 13.5. The van der Waals surface area contributed by atoms with E-state index in [2.05, 4.69) is 27.0 Å². The number of carbonyl (C=O) groups is 1. The molecular weight excluding hydrogens is 376 g/mol. The number of anilines is 1. The van der Waals surface area contributed by atoms with Crippen LogP contribution in [0.1, 0.15) is 22.0 Å². The number of aromatic nitrogens is 2. The molecule has 2 aliphatic heterocycles. The van der Waals surface area contributed by atoms with Gasteiger partial charge in [-0.1, -0.05) is 36.4 Å². The van der Waals surface area contributed by atoms with Gasteiger partial charge < -0.3 is 14.5 Å². The van der Waals surface area contributed by atoms with Crippen LogP contribution in [0.3, 0.4) is 0 Å². The lowest BCUT2D eigenvalue weighted by atomic mass is 9.89. The summed E-state index contributed by atoms with van der Waals surface area (Å²) in [5, 5.41) is 0. The predicted molar refractivity (Wildman–Crippen MR) is 114 cm³/mol. The molecule has 2 aliphatic rings. The average molecular weight is 400 g/mol. The second-order valence-corrected chi connectivity index (χ2v) is 7.94. The van der Waals surface area contributed by atoms with Gasteiger partial charge in [0.05, 0.1) is 19.3 Å². The average Bonchev–Trinajstić information content (AvgIpc) is 3.38. The van der Waals surface area contributed by atoms with E-state index in [1.807, 2.05) is 53.6 Å². The molecule has 0 unspecified atom stereocenters. The highest BCUT2D eigenvalue weighted by atomic mass is 16.5. The number of nitrogens with zero attached hydrogens (tertiary/aromatic N) is 4. The minimum absolute atomic E-state index is 0.0385. The van der Waals surface area contributed by atoms with Crippen molar-refractivity contribution < 1.29 is 9.53 Å². The second-order valence-electron chi connectivity index (χ2n) is 7.94. The molecule has 0 spiro atoms. The van der Waals surface area contributed by atoms with E-state index in [0.717, 1.165) is 25.5 Å². The number of ether oxygens (including phenoxy) is 1. The van der Waals surface area contributed by atoms with E-state index in [-0.39, 0.29) is 11.9 Å². The Morgan fingerprint density at radius 1 is 1.03 bits per heavy atom. The van der Waals surface area contributed by atoms with Gasteiger partial charge in [-0.2, -0.15) is 0 Å². The van der Waals surface area contributed by atoms with Crippen molar-refractivity contribution in [1.82, 2.24) is 14.9 Å². The number of carbonyl (C=O) groups excluding carboxylic acids is 1. The molecule has 0 radical (unpaired) electrons. The molecule has 2 saturated heterocycles. The molecule has 0 bridgehead atoms. The molecule has 2 fully saturated rings. The molecule has 5 rings (SSSR count). The first-order valence-corrected chi connectivity index (χ1v) is 10.3. The van der Waals surface area contributed by atoms with E-state index in [1.165, 1.54) is 5.56 Å². The number of rotatable bonds is 4. The molecular formula is C24H24N4O2. The van der Waals surface area contributed by atoms with Crippen molar-refractivity contribution in [3.8, 4) is 5.75 Å². The highest BCUT2D eigenvalue weighted by Crippen LogP contribution is 2.46. The number of fused-ring (bicyclic) bond motifs is 1. The van der Waals surface area contributed by atoms with Gasteiger partial charge in [-0.25, -0.2) is 4.98 Å². The maximum Gasteiger partial charge on any atom is 0.254 e. The summed E-state index contributed by atoms with van der Waals surface area (Å²) in [5.41, 5.74) is 1.85. The van der Waals surface area contributed by atoms with E-state index in [9.17, 15) is 4.79 Å². The molecule has 3 aromatic rings. The third kappa shape index (κ3) is 3.28. The Labute approximate surface area is 176 Å². The van der Waals surface area contributed by atoms with Gasteiger partial charge in [0.15, 0.2) is 0 Å². The Morgan fingerprint density at radius 2 is 1.90 bits per heavy atom. The number of hydrogen-bond acceptors (Lipinski definition) is 5. The summed E-state index contributed by atoms with van der Waals surface area (Å²) >= 11 is 0. The largest absolute Gasteiger partial charge is 0.497 e. The van der Waals surface area contributed by atoms with Crippen molar-refractivity contribution in [3.05, 3.63) is 84.3 Å². The van der Waals surface area contributed by atoms with Crippen molar-refractivity contribution in [2.24, 2.45) is 11.8 Å². The van der Waals surface area contributed by atoms with Crippen molar-refractivity contribution >= 4 is 11.7 Å². The van der Waals surface area contributed by atoms with E-state index in [0.29, 0.717) is 23.1 Å². The van der Waals surface area contributed by atoms with Crippen LogP contribution in [0.2, 0.25) is 0 Å². The smallest absolute Gasteiger partial charge is 0.254 e. The second kappa shape index (κ2) is 7.78. The minimum atomic E-state index is 0.0385. The zero-order chi connectivity index (χ0) is 20.5. The van der Waals surface area contributed by atoms with Gasteiger partial charge >= 0.3 is 0 Å². The molecule has 1 amide bonds. The molecule has 0 N–H and O–H groups in total. The number of amides is 1. The number of hydrogen-bond donors (Lipinski definition) is 0. The summed E-state index contributed by atoms with van der Waals surface area (Å²) < 4.78 is 5.33. The highest BCUT2D eigenvalue weighted by Gasteiger charge is 2.49. The topological polar surface area (TPSA) is 58.6 Å². The quantitative estimate of drug-likeness (QED) is 0.672. The number of benzene rings is 2. The zero-order valence-electron chi connectivity index (χ0n) is 16.9. The Kier molecular flexibility index (Phi) is 4.83. The first-order chi connectivity index (χ1) is 14.7. The summed E-state index contributed by atoms with van der Waals surface area (Å²) in [6, 6.07) is 17.8. The third-order valence-electron chi connectivity index (χ3n) is 6.26. The molecule has 1 aromatic heterocycles. The monoisotopic (exact) mass is 400 g/mol. The maximum absolute atomic E-state index is 13.5. The molecule has 30 heavy (non-hydrogen) atoms. The van der Waals surface area contributed by atoms with Crippen LogP contribution >= 0.6 is 0 Å². The normalized spacial score (nSPS) is 22.8. The third-order valence-corrected chi connectivity index (χ3v) is 6.26. The fourth-order valence-corrected chi connectivity index (χ4v) is 4.89. The lowest BCUT2D eigenvalue weighted by Crippen LogP contribution is -2.36. The zero-order valence-corrected chi connectivity index (χ0v) is 16.9. The summed E-state index contributed by atoms with van der Waals surface area (Å²) in [6.07, 6.45) is 5.25. The lowest BCUT2D eigenvalue weighted by molar-refractivity contribution is 0.0715.